The van der Waals surface area contributed by atoms with Gasteiger partial charge in [0.05, 0.1) is 12.5 Å². The number of nitrogens with one attached hydrogen (secondary N) is 1. The van der Waals surface area contributed by atoms with Gasteiger partial charge in [-0.2, -0.15) is 0 Å². The minimum Gasteiger partial charge on any atom is -1.00 e. The number of halogens is 2. The molecule has 0 heterocycles. The standard InChI is InChI=1S/C19H21ClFNO3.K.H/c1-2-25-18(12-19(23)22-24)17(14-5-9-16(21)10-6-14)11-13-3-7-15(20)8-4-13;;/h3-10,17-18,24H,2,11-12H2,1H3,(H,22,23);;/q;+1;-1/t17-,18-;;/m1../s1. The quantitative estimate of drug-likeness (QED) is 0.394. The summed E-state index contributed by atoms with van der Waals surface area (Å²) in [4.78, 5) is 11.7. The van der Waals surface area contributed by atoms with Crippen LogP contribution < -0.4 is 56.9 Å². The molecule has 4 nitrogen and oxygen atoms in total. The van der Waals surface area contributed by atoms with Gasteiger partial charge in [-0.15, -0.1) is 0 Å². The van der Waals surface area contributed by atoms with Gasteiger partial charge in [0.25, 0.3) is 0 Å². The molecule has 0 unspecified atom stereocenters. The molecule has 2 aromatic rings. The van der Waals surface area contributed by atoms with Crippen LogP contribution in [0.3, 0.4) is 0 Å². The fraction of sp³-hybridized carbons (Fsp3) is 0.316. The first-order chi connectivity index (χ1) is 12.0. The molecule has 0 aliphatic rings. The Bertz CT molecular complexity index is 688. The molecule has 0 aromatic heterocycles. The first-order valence-corrected chi connectivity index (χ1v) is 8.45. The Morgan fingerprint density at radius 3 is 2.38 bits per heavy atom. The van der Waals surface area contributed by atoms with Crippen LogP contribution >= 0.6 is 11.6 Å². The molecule has 0 spiro atoms. The summed E-state index contributed by atoms with van der Waals surface area (Å²) >= 11 is 5.94. The van der Waals surface area contributed by atoms with Gasteiger partial charge in [0.1, 0.15) is 5.82 Å². The Morgan fingerprint density at radius 1 is 1.23 bits per heavy atom. The van der Waals surface area contributed by atoms with Crippen LogP contribution in [0.15, 0.2) is 48.5 Å². The molecule has 2 N–H and O–H groups in total. The predicted molar refractivity (Wildman–Crippen MR) is 95.4 cm³/mol. The fourth-order valence-corrected chi connectivity index (χ4v) is 2.93. The van der Waals surface area contributed by atoms with Crippen LogP contribution in [0.5, 0.6) is 0 Å². The zero-order valence-electron chi connectivity index (χ0n) is 15.9. The van der Waals surface area contributed by atoms with Gasteiger partial charge in [-0.1, -0.05) is 35.9 Å². The Kier molecular flexibility index (Phi) is 11.1. The van der Waals surface area contributed by atoms with E-state index in [0.29, 0.717) is 18.1 Å². The molecular formula is C19H22ClFKNO3. The SMILES string of the molecule is CCO[C@H](CC(=O)NO)[C@H](Cc1ccc(Cl)cc1)c1ccc(F)cc1.[H-].[K+]. The number of amides is 1. The molecule has 0 saturated carbocycles. The molecule has 0 saturated heterocycles. The van der Waals surface area contributed by atoms with Crippen molar-refractivity contribution in [1.82, 2.24) is 5.48 Å². The molecule has 0 bridgehead atoms. The van der Waals surface area contributed by atoms with Crippen molar-refractivity contribution in [2.45, 2.75) is 31.8 Å². The Morgan fingerprint density at radius 2 is 1.85 bits per heavy atom. The van der Waals surface area contributed by atoms with Gasteiger partial charge in [-0.25, -0.2) is 9.87 Å². The number of hydroxylamine groups is 1. The average Bonchev–Trinajstić information content (AvgIpc) is 2.61. The normalized spacial score (nSPS) is 12.8. The van der Waals surface area contributed by atoms with Gasteiger partial charge in [0, 0.05) is 17.5 Å². The molecule has 0 aliphatic heterocycles. The molecule has 1 amide bonds. The van der Waals surface area contributed by atoms with Crippen molar-refractivity contribution in [3.63, 3.8) is 0 Å². The molecule has 2 rings (SSSR count). The third-order valence-corrected chi connectivity index (χ3v) is 4.26. The number of hydrogen-bond donors (Lipinski definition) is 2. The molecule has 0 fully saturated rings. The summed E-state index contributed by atoms with van der Waals surface area (Å²) in [5.74, 6) is -1.03. The van der Waals surface area contributed by atoms with Gasteiger partial charge in [-0.3, -0.25) is 10.0 Å². The Hall–Kier alpha value is -0.314. The van der Waals surface area contributed by atoms with Crippen molar-refractivity contribution < 1.29 is 71.9 Å². The van der Waals surface area contributed by atoms with E-state index in [0.717, 1.165) is 11.1 Å². The summed E-state index contributed by atoms with van der Waals surface area (Å²) in [5, 5.41) is 9.48. The van der Waals surface area contributed by atoms with E-state index in [-0.39, 0.29) is 71.0 Å². The second-order valence-corrected chi connectivity index (χ2v) is 6.16. The summed E-state index contributed by atoms with van der Waals surface area (Å²) in [6.07, 6.45) is 0.130. The molecule has 7 heteroatoms. The predicted octanol–water partition coefficient (Wildman–Crippen LogP) is 1.22. The van der Waals surface area contributed by atoms with E-state index in [4.69, 9.17) is 21.5 Å². The molecule has 2 aromatic carbocycles. The van der Waals surface area contributed by atoms with Crippen LogP contribution in [-0.2, 0) is 16.0 Å². The van der Waals surface area contributed by atoms with E-state index in [9.17, 15) is 9.18 Å². The van der Waals surface area contributed by atoms with E-state index in [1.54, 1.807) is 29.7 Å². The number of carbonyl (C=O) groups is 1. The number of hydrogen-bond acceptors (Lipinski definition) is 3. The third kappa shape index (κ3) is 7.36. The summed E-state index contributed by atoms with van der Waals surface area (Å²) in [6, 6.07) is 13.6. The second-order valence-electron chi connectivity index (χ2n) is 5.72. The zero-order chi connectivity index (χ0) is 18.2. The van der Waals surface area contributed by atoms with E-state index in [1.807, 2.05) is 19.1 Å². The summed E-state index contributed by atoms with van der Waals surface area (Å²) in [5.41, 5.74) is 3.53. The molecular weight excluding hydrogens is 384 g/mol. The van der Waals surface area contributed by atoms with Crippen molar-refractivity contribution in [2.24, 2.45) is 0 Å². The first-order valence-electron chi connectivity index (χ1n) is 8.08. The van der Waals surface area contributed by atoms with Gasteiger partial charge >= 0.3 is 51.4 Å². The second kappa shape index (κ2) is 12.2. The number of carbonyl (C=O) groups excluding carboxylic acids is 1. The minimum atomic E-state index is -0.526. The van der Waals surface area contributed by atoms with Crippen LogP contribution in [0, 0.1) is 5.82 Å². The number of rotatable bonds is 8. The number of benzene rings is 2. The van der Waals surface area contributed by atoms with Crippen molar-refractivity contribution in [1.29, 1.82) is 0 Å². The van der Waals surface area contributed by atoms with Gasteiger partial charge < -0.3 is 6.16 Å². The maximum atomic E-state index is 13.3. The van der Waals surface area contributed by atoms with Crippen LogP contribution in [-0.4, -0.2) is 23.8 Å². The molecule has 2 atom stereocenters. The van der Waals surface area contributed by atoms with Gasteiger partial charge in [-0.05, 0) is 48.7 Å². The maximum Gasteiger partial charge on any atom is 1.00 e. The largest absolute Gasteiger partial charge is 1.00 e. The van der Waals surface area contributed by atoms with Crippen molar-refractivity contribution >= 4 is 17.5 Å². The molecule has 26 heavy (non-hydrogen) atoms. The monoisotopic (exact) mass is 405 g/mol. The molecule has 0 radical (unpaired) electrons. The van der Waals surface area contributed by atoms with E-state index in [2.05, 4.69) is 0 Å². The fourth-order valence-electron chi connectivity index (χ4n) is 2.81. The summed E-state index contributed by atoms with van der Waals surface area (Å²) in [7, 11) is 0. The van der Waals surface area contributed by atoms with Gasteiger partial charge in [0.2, 0.25) is 5.91 Å². The first kappa shape index (κ1) is 23.7. The van der Waals surface area contributed by atoms with E-state index >= 15 is 0 Å². The van der Waals surface area contributed by atoms with Crippen LogP contribution in [0.4, 0.5) is 4.39 Å². The Balaban J connectivity index is 0.00000338. The maximum absolute atomic E-state index is 13.3. The van der Waals surface area contributed by atoms with E-state index in [1.165, 1.54) is 12.1 Å². The number of ether oxygens (including phenoxy) is 1. The molecule has 0 aliphatic carbocycles. The van der Waals surface area contributed by atoms with Crippen LogP contribution in [0.25, 0.3) is 0 Å². The van der Waals surface area contributed by atoms with E-state index < -0.39 is 12.0 Å². The minimum absolute atomic E-state index is 0. The zero-order valence-corrected chi connectivity index (χ0v) is 18.8. The van der Waals surface area contributed by atoms with Gasteiger partial charge in [0.15, 0.2) is 0 Å². The third-order valence-electron chi connectivity index (χ3n) is 4.01. The van der Waals surface area contributed by atoms with Crippen molar-refractivity contribution in [2.75, 3.05) is 6.61 Å². The summed E-state index contributed by atoms with van der Waals surface area (Å²) < 4.78 is 19.1. The van der Waals surface area contributed by atoms with Crippen LogP contribution in [0.1, 0.15) is 31.8 Å². The summed E-state index contributed by atoms with van der Waals surface area (Å²) in [6.45, 7) is 2.26. The molecule has 136 valence electrons. The smallest absolute Gasteiger partial charge is 1.00 e. The average molecular weight is 406 g/mol. The van der Waals surface area contributed by atoms with Crippen LogP contribution in [0.2, 0.25) is 5.02 Å². The van der Waals surface area contributed by atoms with Crippen molar-refractivity contribution in [3.8, 4) is 0 Å². The topological polar surface area (TPSA) is 58.6 Å². The van der Waals surface area contributed by atoms with Crippen molar-refractivity contribution in [3.05, 3.63) is 70.5 Å². The Labute approximate surface area is 201 Å².